The van der Waals surface area contributed by atoms with Crippen LogP contribution in [-0.4, -0.2) is 11.2 Å². The Balaban J connectivity index is 2.34. The van der Waals surface area contributed by atoms with Crippen LogP contribution in [-0.2, 0) is 0 Å². The average molecular weight is 154 g/mol. The topological polar surface area (TPSA) is 20.2 Å². The molecule has 2 fully saturated rings. The molecule has 1 nitrogen and oxygen atoms in total. The van der Waals surface area contributed by atoms with Crippen LogP contribution in [0.5, 0.6) is 0 Å². The number of fused-ring (bicyclic) bond motifs is 2. The Morgan fingerprint density at radius 3 is 2.18 bits per heavy atom. The third-order valence-electron chi connectivity index (χ3n) is 4.19. The minimum absolute atomic E-state index is 0.0613. The Morgan fingerprint density at radius 2 is 1.91 bits per heavy atom. The van der Waals surface area contributed by atoms with E-state index in [1.54, 1.807) is 0 Å². The number of hydrogen-bond acceptors (Lipinski definition) is 1. The minimum Gasteiger partial charge on any atom is -0.392 e. The summed E-state index contributed by atoms with van der Waals surface area (Å²) < 4.78 is 0. The highest BCUT2D eigenvalue weighted by Gasteiger charge is 2.58. The molecule has 0 amide bonds. The average Bonchev–Trinajstić information content (AvgIpc) is 2.36. The monoisotopic (exact) mass is 154 g/mol. The van der Waals surface area contributed by atoms with Gasteiger partial charge in [0.05, 0.1) is 6.10 Å². The molecule has 0 aromatic rings. The molecule has 2 saturated carbocycles. The zero-order valence-corrected chi connectivity index (χ0v) is 7.72. The van der Waals surface area contributed by atoms with Gasteiger partial charge in [-0.3, -0.25) is 0 Å². The van der Waals surface area contributed by atoms with Gasteiger partial charge in [-0.1, -0.05) is 20.8 Å². The van der Waals surface area contributed by atoms with Crippen LogP contribution < -0.4 is 0 Å². The lowest BCUT2D eigenvalue weighted by atomic mass is 9.70. The summed E-state index contributed by atoms with van der Waals surface area (Å²) in [4.78, 5) is 0. The third-order valence-corrected chi connectivity index (χ3v) is 4.19. The van der Waals surface area contributed by atoms with Crippen LogP contribution in [0.15, 0.2) is 0 Å². The van der Waals surface area contributed by atoms with Gasteiger partial charge in [0.15, 0.2) is 0 Å². The second kappa shape index (κ2) is 1.82. The predicted molar refractivity (Wildman–Crippen MR) is 45.2 cm³/mol. The molecule has 2 aliphatic rings. The lowest BCUT2D eigenvalue weighted by Gasteiger charge is -2.38. The van der Waals surface area contributed by atoms with Crippen LogP contribution in [0.2, 0.25) is 0 Å². The van der Waals surface area contributed by atoms with E-state index >= 15 is 0 Å². The van der Waals surface area contributed by atoms with Crippen molar-refractivity contribution < 1.29 is 5.11 Å². The molecular formula is C10H18O. The van der Waals surface area contributed by atoms with E-state index in [0.717, 1.165) is 5.92 Å². The molecule has 0 saturated heterocycles. The van der Waals surface area contributed by atoms with E-state index in [-0.39, 0.29) is 16.9 Å². The van der Waals surface area contributed by atoms with Crippen molar-refractivity contribution >= 4 is 0 Å². The first-order valence-corrected chi connectivity index (χ1v) is 4.65. The Hall–Kier alpha value is -0.0400. The van der Waals surface area contributed by atoms with Crippen LogP contribution in [0, 0.1) is 16.7 Å². The molecule has 0 aromatic heterocycles. The van der Waals surface area contributed by atoms with Crippen LogP contribution in [0.1, 0.15) is 40.0 Å². The number of rotatable bonds is 0. The van der Waals surface area contributed by atoms with Crippen molar-refractivity contribution in [2.45, 2.75) is 46.1 Å². The molecule has 2 aliphatic carbocycles. The standard InChI is InChI=1S/C10H18O/c1-9(2)7-4-5-10(3,6-7)8(9)11/h7-8,11H,4-6H2,1-3H3/t7-,8+,10-/m0/s1. The van der Waals surface area contributed by atoms with Gasteiger partial charge in [-0.05, 0) is 36.0 Å². The molecular weight excluding hydrogens is 136 g/mol. The molecule has 0 unspecified atom stereocenters. The second-order valence-electron chi connectivity index (χ2n) is 5.32. The Labute approximate surface area is 68.8 Å². The zero-order chi connectivity index (χ0) is 8.28. The molecule has 1 N–H and O–H groups in total. The van der Waals surface area contributed by atoms with Crippen LogP contribution in [0.3, 0.4) is 0 Å². The van der Waals surface area contributed by atoms with Crippen molar-refractivity contribution in [3.63, 3.8) is 0 Å². The smallest absolute Gasteiger partial charge is 0.0647 e. The highest BCUT2D eigenvalue weighted by molar-refractivity contribution is 5.08. The van der Waals surface area contributed by atoms with E-state index in [2.05, 4.69) is 20.8 Å². The van der Waals surface area contributed by atoms with E-state index in [4.69, 9.17) is 0 Å². The summed E-state index contributed by atoms with van der Waals surface area (Å²) in [5.74, 6) is 0.780. The van der Waals surface area contributed by atoms with Gasteiger partial charge in [-0.2, -0.15) is 0 Å². The van der Waals surface area contributed by atoms with E-state index < -0.39 is 0 Å². The summed E-state index contributed by atoms with van der Waals surface area (Å²) in [6.45, 7) is 6.67. The lowest BCUT2D eigenvalue weighted by Crippen LogP contribution is -2.39. The van der Waals surface area contributed by atoms with Crippen LogP contribution >= 0.6 is 0 Å². The quantitative estimate of drug-likeness (QED) is 0.567. The summed E-state index contributed by atoms with van der Waals surface area (Å²) in [6, 6.07) is 0. The molecule has 11 heavy (non-hydrogen) atoms. The lowest BCUT2D eigenvalue weighted by molar-refractivity contribution is -0.0340. The molecule has 64 valence electrons. The van der Waals surface area contributed by atoms with E-state index in [1.165, 1.54) is 19.3 Å². The van der Waals surface area contributed by atoms with Crippen molar-refractivity contribution in [3.05, 3.63) is 0 Å². The summed E-state index contributed by atoms with van der Waals surface area (Å²) in [7, 11) is 0. The first kappa shape index (κ1) is 7.60. The fraction of sp³-hybridized carbons (Fsp3) is 1.00. The highest BCUT2D eigenvalue weighted by atomic mass is 16.3. The first-order chi connectivity index (χ1) is 4.97. The Kier molecular flexibility index (Phi) is 1.26. The van der Waals surface area contributed by atoms with E-state index in [0.29, 0.717) is 0 Å². The maximum absolute atomic E-state index is 10.0. The van der Waals surface area contributed by atoms with Gasteiger partial charge in [0.2, 0.25) is 0 Å². The van der Waals surface area contributed by atoms with Crippen molar-refractivity contribution in [2.75, 3.05) is 0 Å². The maximum atomic E-state index is 10.0. The first-order valence-electron chi connectivity index (χ1n) is 4.65. The van der Waals surface area contributed by atoms with Crippen LogP contribution in [0.25, 0.3) is 0 Å². The number of aliphatic hydroxyl groups is 1. The highest BCUT2D eigenvalue weighted by Crippen LogP contribution is 2.62. The normalized spacial score (nSPS) is 53.5. The number of hydrogen-bond donors (Lipinski definition) is 1. The molecule has 3 atom stereocenters. The molecule has 0 spiro atoms. The van der Waals surface area contributed by atoms with Gasteiger partial charge >= 0.3 is 0 Å². The third kappa shape index (κ3) is 0.752. The van der Waals surface area contributed by atoms with E-state index in [9.17, 15) is 5.11 Å². The summed E-state index contributed by atoms with van der Waals surface area (Å²) >= 11 is 0. The molecule has 0 aliphatic heterocycles. The van der Waals surface area contributed by atoms with Crippen molar-refractivity contribution in [1.29, 1.82) is 0 Å². The van der Waals surface area contributed by atoms with Crippen molar-refractivity contribution in [3.8, 4) is 0 Å². The van der Waals surface area contributed by atoms with Gasteiger partial charge in [0.25, 0.3) is 0 Å². The SMILES string of the molecule is CC1(C)[C@H]2CC[C@@](C)(C2)[C@@H]1O. The van der Waals surface area contributed by atoms with Crippen LogP contribution in [0.4, 0.5) is 0 Å². The van der Waals surface area contributed by atoms with E-state index in [1.807, 2.05) is 0 Å². The summed E-state index contributed by atoms with van der Waals surface area (Å²) in [6.07, 6.45) is 3.76. The maximum Gasteiger partial charge on any atom is 0.0647 e. The summed E-state index contributed by atoms with van der Waals surface area (Å²) in [5.41, 5.74) is 0.446. The van der Waals surface area contributed by atoms with Crippen molar-refractivity contribution in [1.82, 2.24) is 0 Å². The van der Waals surface area contributed by atoms with Gasteiger partial charge in [0.1, 0.15) is 0 Å². The molecule has 0 radical (unpaired) electrons. The molecule has 2 rings (SSSR count). The number of aliphatic hydroxyl groups excluding tert-OH is 1. The second-order valence-corrected chi connectivity index (χ2v) is 5.32. The molecule has 2 bridgehead atoms. The summed E-state index contributed by atoms with van der Waals surface area (Å²) in [5, 5.41) is 10.0. The molecule has 1 heteroatoms. The molecule has 0 heterocycles. The zero-order valence-electron chi connectivity index (χ0n) is 7.72. The minimum atomic E-state index is -0.0613. The molecule has 0 aromatic carbocycles. The Bertz CT molecular complexity index is 181. The van der Waals surface area contributed by atoms with Gasteiger partial charge in [0, 0.05) is 0 Å². The van der Waals surface area contributed by atoms with Crippen molar-refractivity contribution in [2.24, 2.45) is 16.7 Å². The van der Waals surface area contributed by atoms with Gasteiger partial charge < -0.3 is 5.11 Å². The predicted octanol–water partition coefficient (Wildman–Crippen LogP) is 2.19. The largest absolute Gasteiger partial charge is 0.392 e. The van der Waals surface area contributed by atoms with Gasteiger partial charge in [-0.15, -0.1) is 0 Å². The van der Waals surface area contributed by atoms with Gasteiger partial charge in [-0.25, -0.2) is 0 Å². The fourth-order valence-corrected chi connectivity index (χ4v) is 3.28. The Morgan fingerprint density at radius 1 is 1.27 bits per heavy atom. The fourth-order valence-electron chi connectivity index (χ4n) is 3.28.